The van der Waals surface area contributed by atoms with Crippen LogP contribution < -0.4 is 0 Å². The van der Waals surface area contributed by atoms with Gasteiger partial charge in [0.25, 0.3) is 0 Å². The van der Waals surface area contributed by atoms with Crippen molar-refractivity contribution in [1.82, 2.24) is 9.88 Å². The molecule has 0 aliphatic carbocycles. The Morgan fingerprint density at radius 1 is 1.48 bits per heavy atom. The molecule has 2 fully saturated rings. The van der Waals surface area contributed by atoms with Crippen LogP contribution in [0.25, 0.3) is 0 Å². The van der Waals surface area contributed by atoms with Crippen LogP contribution in [-0.4, -0.2) is 54.8 Å². The van der Waals surface area contributed by atoms with Gasteiger partial charge in [-0.2, -0.15) is 0 Å². The quantitative estimate of drug-likeness (QED) is 0.749. The molecule has 3 rings (SSSR count). The monoisotopic (exact) mass is 338 g/mol. The highest BCUT2D eigenvalue weighted by Gasteiger charge is 2.26. The third-order valence-electron chi connectivity index (χ3n) is 4.55. The maximum atomic E-state index is 12.4. The van der Waals surface area contributed by atoms with Gasteiger partial charge in [0, 0.05) is 36.7 Å². The molecule has 0 unspecified atom stereocenters. The van der Waals surface area contributed by atoms with Crippen LogP contribution in [0.3, 0.4) is 0 Å². The summed E-state index contributed by atoms with van der Waals surface area (Å²) in [7, 11) is 0. The highest BCUT2D eigenvalue weighted by Crippen LogP contribution is 2.29. The van der Waals surface area contributed by atoms with Gasteiger partial charge in [-0.15, -0.1) is 11.3 Å². The Balaban J connectivity index is 1.40. The van der Waals surface area contributed by atoms with Gasteiger partial charge in [0.05, 0.1) is 30.7 Å². The maximum Gasteiger partial charge on any atom is 0.224 e. The summed E-state index contributed by atoms with van der Waals surface area (Å²) >= 11 is 1.72. The van der Waals surface area contributed by atoms with Crippen LogP contribution >= 0.6 is 11.3 Å². The van der Waals surface area contributed by atoms with Crippen molar-refractivity contribution < 1.29 is 14.3 Å². The molecule has 2 atom stereocenters. The van der Waals surface area contributed by atoms with E-state index in [4.69, 9.17) is 9.47 Å². The lowest BCUT2D eigenvalue weighted by atomic mass is 9.98. The van der Waals surface area contributed by atoms with Crippen LogP contribution in [0.2, 0.25) is 0 Å². The Kier molecular flexibility index (Phi) is 6.02. The summed E-state index contributed by atoms with van der Waals surface area (Å²) in [5.41, 5.74) is 1.08. The Hall–Kier alpha value is -0.980. The summed E-state index contributed by atoms with van der Waals surface area (Å²) in [6, 6.07) is 0. The van der Waals surface area contributed by atoms with Gasteiger partial charge in [0.1, 0.15) is 0 Å². The van der Waals surface area contributed by atoms with Gasteiger partial charge in [-0.1, -0.05) is 0 Å². The molecule has 2 saturated heterocycles. The standard InChI is InChI=1S/C17H26N2O3S/c1-13-12-23-17(18-13)14-4-2-7-19(10-14)16(20)6-9-21-11-15-5-3-8-22-15/h12,14-15H,2-11H2,1H3/t14-,15+/m1/s1. The van der Waals surface area contributed by atoms with Crippen LogP contribution in [0.5, 0.6) is 0 Å². The van der Waals surface area contributed by atoms with Crippen molar-refractivity contribution in [2.45, 2.75) is 51.0 Å². The number of hydrogen-bond acceptors (Lipinski definition) is 5. The molecule has 0 aromatic carbocycles. The number of thiazole rings is 1. The van der Waals surface area contributed by atoms with E-state index in [1.165, 1.54) is 5.01 Å². The van der Waals surface area contributed by atoms with E-state index in [2.05, 4.69) is 10.4 Å². The minimum Gasteiger partial charge on any atom is -0.378 e. The minimum absolute atomic E-state index is 0.204. The van der Waals surface area contributed by atoms with E-state index in [0.29, 0.717) is 25.6 Å². The first kappa shape index (κ1) is 16.9. The predicted molar refractivity (Wildman–Crippen MR) is 89.8 cm³/mol. The van der Waals surface area contributed by atoms with E-state index in [-0.39, 0.29) is 12.0 Å². The summed E-state index contributed by atoms with van der Waals surface area (Å²) in [6.45, 7) is 5.66. The lowest BCUT2D eigenvalue weighted by Crippen LogP contribution is -2.39. The number of piperidine rings is 1. The minimum atomic E-state index is 0.204. The van der Waals surface area contributed by atoms with Gasteiger partial charge in [0.15, 0.2) is 0 Å². The third-order valence-corrected chi connectivity index (χ3v) is 5.67. The predicted octanol–water partition coefficient (Wildman–Crippen LogP) is 2.74. The lowest BCUT2D eigenvalue weighted by Gasteiger charge is -2.32. The highest BCUT2D eigenvalue weighted by molar-refractivity contribution is 7.09. The third kappa shape index (κ3) is 4.75. The SMILES string of the molecule is Cc1csc([C@@H]2CCCN(C(=O)CCOC[C@@H]3CCCO3)C2)n1. The molecular formula is C17H26N2O3S. The number of hydrogen-bond donors (Lipinski definition) is 0. The van der Waals surface area contributed by atoms with E-state index in [1.54, 1.807) is 11.3 Å². The van der Waals surface area contributed by atoms with E-state index in [1.807, 2.05) is 11.8 Å². The van der Waals surface area contributed by atoms with Gasteiger partial charge in [-0.3, -0.25) is 4.79 Å². The number of rotatable bonds is 6. The summed E-state index contributed by atoms with van der Waals surface area (Å²) < 4.78 is 11.1. The largest absolute Gasteiger partial charge is 0.378 e. The van der Waals surface area contributed by atoms with Crippen molar-refractivity contribution in [3.8, 4) is 0 Å². The topological polar surface area (TPSA) is 51.7 Å². The fourth-order valence-corrected chi connectivity index (χ4v) is 4.20. The smallest absolute Gasteiger partial charge is 0.224 e. The fourth-order valence-electron chi connectivity index (χ4n) is 3.27. The van der Waals surface area contributed by atoms with Crippen LogP contribution in [0.15, 0.2) is 5.38 Å². The fraction of sp³-hybridized carbons (Fsp3) is 0.765. The molecule has 0 N–H and O–H groups in total. The van der Waals surface area contributed by atoms with Crippen molar-refractivity contribution in [3.05, 3.63) is 16.1 Å². The molecule has 3 heterocycles. The Morgan fingerprint density at radius 3 is 3.13 bits per heavy atom. The van der Waals surface area contributed by atoms with Crippen molar-refractivity contribution in [3.63, 3.8) is 0 Å². The number of ether oxygens (including phenoxy) is 2. The van der Waals surface area contributed by atoms with Crippen molar-refractivity contribution in [1.29, 1.82) is 0 Å². The van der Waals surface area contributed by atoms with E-state index >= 15 is 0 Å². The lowest BCUT2D eigenvalue weighted by molar-refractivity contribution is -0.133. The Morgan fingerprint density at radius 2 is 2.39 bits per heavy atom. The van der Waals surface area contributed by atoms with Gasteiger partial charge in [-0.25, -0.2) is 4.98 Å². The molecule has 1 aromatic heterocycles. The molecule has 2 aliphatic heterocycles. The van der Waals surface area contributed by atoms with Gasteiger partial charge in [-0.05, 0) is 32.6 Å². The summed E-state index contributed by atoms with van der Waals surface area (Å²) in [6.07, 6.45) is 5.10. The number of aryl methyl sites for hydroxylation is 1. The maximum absolute atomic E-state index is 12.4. The molecule has 23 heavy (non-hydrogen) atoms. The molecule has 6 heteroatoms. The zero-order valence-electron chi connectivity index (χ0n) is 13.8. The van der Waals surface area contributed by atoms with Crippen LogP contribution in [0.4, 0.5) is 0 Å². The normalized spacial score (nSPS) is 25.0. The van der Waals surface area contributed by atoms with Crippen LogP contribution in [0, 0.1) is 6.92 Å². The first-order valence-corrected chi connectivity index (χ1v) is 9.49. The summed E-state index contributed by atoms with van der Waals surface area (Å²) in [5.74, 6) is 0.606. The van der Waals surface area contributed by atoms with E-state index < -0.39 is 0 Å². The number of amides is 1. The van der Waals surface area contributed by atoms with Gasteiger partial charge in [0.2, 0.25) is 5.91 Å². The molecule has 0 radical (unpaired) electrons. The number of carbonyl (C=O) groups is 1. The molecule has 0 bridgehead atoms. The van der Waals surface area contributed by atoms with E-state index in [0.717, 1.165) is 51.1 Å². The number of nitrogens with zero attached hydrogens (tertiary/aromatic N) is 2. The van der Waals surface area contributed by atoms with Crippen molar-refractivity contribution >= 4 is 17.2 Å². The number of carbonyl (C=O) groups excluding carboxylic acids is 1. The van der Waals surface area contributed by atoms with Crippen LogP contribution in [-0.2, 0) is 14.3 Å². The molecular weight excluding hydrogens is 312 g/mol. The summed E-state index contributed by atoms with van der Waals surface area (Å²) in [4.78, 5) is 19.0. The molecule has 2 aliphatic rings. The van der Waals surface area contributed by atoms with Gasteiger partial charge < -0.3 is 14.4 Å². The second kappa shape index (κ2) is 8.22. The van der Waals surface area contributed by atoms with Crippen molar-refractivity contribution in [2.24, 2.45) is 0 Å². The molecule has 0 saturated carbocycles. The molecule has 1 amide bonds. The highest BCUT2D eigenvalue weighted by atomic mass is 32.1. The van der Waals surface area contributed by atoms with Gasteiger partial charge >= 0.3 is 0 Å². The van der Waals surface area contributed by atoms with Crippen molar-refractivity contribution in [2.75, 3.05) is 32.9 Å². The first-order valence-electron chi connectivity index (χ1n) is 8.61. The Labute approximate surface area is 142 Å². The number of aromatic nitrogens is 1. The molecule has 0 spiro atoms. The molecule has 128 valence electrons. The zero-order valence-corrected chi connectivity index (χ0v) is 14.6. The Bertz CT molecular complexity index is 514. The van der Waals surface area contributed by atoms with E-state index in [9.17, 15) is 4.79 Å². The second-order valence-electron chi connectivity index (χ2n) is 6.47. The van der Waals surface area contributed by atoms with Crippen LogP contribution in [0.1, 0.15) is 48.7 Å². The first-order chi connectivity index (χ1) is 11.2. The molecule has 1 aromatic rings. The number of likely N-dealkylation sites (tertiary alicyclic amines) is 1. The second-order valence-corrected chi connectivity index (χ2v) is 7.36. The average molecular weight is 338 g/mol. The zero-order chi connectivity index (χ0) is 16.1. The molecule has 5 nitrogen and oxygen atoms in total. The summed E-state index contributed by atoms with van der Waals surface area (Å²) in [5, 5.41) is 3.27. The average Bonchev–Trinajstić information content (AvgIpc) is 3.23.